The Balaban J connectivity index is 2.57. The summed E-state index contributed by atoms with van der Waals surface area (Å²) < 4.78 is 11.3. The number of hydrogen-bond acceptors (Lipinski definition) is 4. The Labute approximate surface area is 118 Å². The van der Waals surface area contributed by atoms with Gasteiger partial charge >= 0.3 is 0 Å². The van der Waals surface area contributed by atoms with E-state index in [0.717, 1.165) is 16.9 Å². The predicted molar refractivity (Wildman–Crippen MR) is 75.4 cm³/mol. The molecule has 19 heavy (non-hydrogen) atoms. The number of rotatable bonds is 4. The van der Waals surface area contributed by atoms with Crippen molar-refractivity contribution >= 4 is 11.6 Å². The van der Waals surface area contributed by atoms with Crippen molar-refractivity contribution in [2.75, 3.05) is 26.8 Å². The maximum Gasteiger partial charge on any atom is 0.165 e. The Hall–Kier alpha value is -0.970. The molecule has 1 unspecified atom stereocenters. The normalized spacial score (nSPS) is 15.7. The van der Waals surface area contributed by atoms with Crippen LogP contribution in [0.25, 0.3) is 0 Å². The van der Waals surface area contributed by atoms with Gasteiger partial charge in [-0.05, 0) is 13.0 Å². The minimum atomic E-state index is -0.661. The second-order valence-corrected chi connectivity index (χ2v) is 5.35. The average molecular weight is 286 g/mol. The van der Waals surface area contributed by atoms with Gasteiger partial charge in [-0.1, -0.05) is 25.4 Å². The molecule has 0 radical (unpaired) electrons. The van der Waals surface area contributed by atoms with E-state index in [0.29, 0.717) is 30.5 Å². The van der Waals surface area contributed by atoms with E-state index in [2.05, 4.69) is 19.2 Å². The van der Waals surface area contributed by atoms with Crippen molar-refractivity contribution in [2.24, 2.45) is 0 Å². The number of ether oxygens (including phenoxy) is 2. The molecular weight excluding hydrogens is 266 g/mol. The minimum Gasteiger partial charge on any atom is -0.486 e. The third-order valence-electron chi connectivity index (χ3n) is 3.17. The lowest BCUT2D eigenvalue weighted by Gasteiger charge is -2.27. The molecule has 0 saturated carbocycles. The van der Waals surface area contributed by atoms with Crippen LogP contribution in [0.3, 0.4) is 0 Å². The summed E-state index contributed by atoms with van der Waals surface area (Å²) in [7, 11) is 1.80. The van der Waals surface area contributed by atoms with Crippen molar-refractivity contribution in [3.05, 3.63) is 22.2 Å². The molecule has 4 nitrogen and oxygen atoms in total. The Morgan fingerprint density at radius 2 is 2.00 bits per heavy atom. The Bertz CT molecular complexity index is 462. The third kappa shape index (κ3) is 2.81. The lowest BCUT2D eigenvalue weighted by Crippen LogP contribution is -2.22. The molecule has 1 aromatic carbocycles. The molecular formula is C14H20ClNO3. The van der Waals surface area contributed by atoms with Crippen LogP contribution < -0.4 is 14.8 Å². The van der Waals surface area contributed by atoms with E-state index >= 15 is 0 Å². The third-order valence-corrected chi connectivity index (χ3v) is 3.48. The van der Waals surface area contributed by atoms with Crippen LogP contribution in [0.4, 0.5) is 0 Å². The van der Waals surface area contributed by atoms with E-state index < -0.39 is 6.10 Å². The summed E-state index contributed by atoms with van der Waals surface area (Å²) in [5, 5.41) is 13.8. The number of benzene rings is 1. The zero-order chi connectivity index (χ0) is 14.0. The fourth-order valence-electron chi connectivity index (χ4n) is 2.40. The first-order chi connectivity index (χ1) is 9.06. The molecule has 1 aromatic rings. The van der Waals surface area contributed by atoms with Crippen molar-refractivity contribution in [2.45, 2.75) is 25.9 Å². The summed E-state index contributed by atoms with van der Waals surface area (Å²) in [5.41, 5.74) is 1.67. The van der Waals surface area contributed by atoms with Crippen molar-refractivity contribution in [3.8, 4) is 11.5 Å². The van der Waals surface area contributed by atoms with Gasteiger partial charge in [-0.15, -0.1) is 0 Å². The fourth-order valence-corrected chi connectivity index (χ4v) is 2.73. The highest BCUT2D eigenvalue weighted by Crippen LogP contribution is 2.45. The molecule has 1 aliphatic heterocycles. The molecule has 106 valence electrons. The molecule has 2 rings (SSSR count). The smallest absolute Gasteiger partial charge is 0.165 e. The van der Waals surface area contributed by atoms with E-state index in [1.807, 2.05) is 0 Å². The Morgan fingerprint density at radius 3 is 2.63 bits per heavy atom. The zero-order valence-corrected chi connectivity index (χ0v) is 12.3. The van der Waals surface area contributed by atoms with Gasteiger partial charge in [0.25, 0.3) is 0 Å². The summed E-state index contributed by atoms with van der Waals surface area (Å²) in [6.07, 6.45) is -0.661. The molecule has 1 atom stereocenters. The molecule has 5 heteroatoms. The van der Waals surface area contributed by atoms with E-state index in [9.17, 15) is 5.11 Å². The molecule has 0 saturated heterocycles. The highest BCUT2D eigenvalue weighted by molar-refractivity contribution is 6.31. The molecule has 1 aliphatic rings. The van der Waals surface area contributed by atoms with Crippen LogP contribution in [0.15, 0.2) is 6.07 Å². The van der Waals surface area contributed by atoms with Gasteiger partial charge in [0.05, 0.1) is 11.1 Å². The van der Waals surface area contributed by atoms with Gasteiger partial charge in [-0.25, -0.2) is 0 Å². The maximum absolute atomic E-state index is 10.3. The highest BCUT2D eigenvalue weighted by atomic mass is 35.5. The number of halogens is 1. The van der Waals surface area contributed by atoms with E-state index in [1.54, 1.807) is 13.1 Å². The lowest BCUT2D eigenvalue weighted by atomic mass is 9.92. The largest absolute Gasteiger partial charge is 0.486 e. The van der Waals surface area contributed by atoms with Crippen molar-refractivity contribution < 1.29 is 14.6 Å². The van der Waals surface area contributed by atoms with Gasteiger partial charge in [-0.2, -0.15) is 0 Å². The number of fused-ring (bicyclic) bond motifs is 1. The molecule has 0 aromatic heterocycles. The number of aliphatic hydroxyl groups excluding tert-OH is 1. The quantitative estimate of drug-likeness (QED) is 0.892. The van der Waals surface area contributed by atoms with Crippen LogP contribution in [0.1, 0.15) is 37.0 Å². The first-order valence-electron chi connectivity index (χ1n) is 6.50. The average Bonchev–Trinajstić information content (AvgIpc) is 2.37. The maximum atomic E-state index is 10.3. The second kappa shape index (κ2) is 5.99. The van der Waals surface area contributed by atoms with Crippen molar-refractivity contribution in [1.82, 2.24) is 5.32 Å². The predicted octanol–water partition coefficient (Wildman–Crippen LogP) is 2.49. The fraction of sp³-hybridized carbons (Fsp3) is 0.571. The number of aliphatic hydroxyl groups is 1. The number of nitrogens with one attached hydrogen (secondary N) is 1. The molecule has 0 bridgehead atoms. The van der Waals surface area contributed by atoms with Crippen LogP contribution in [0.2, 0.25) is 5.02 Å². The van der Waals surface area contributed by atoms with Crippen LogP contribution >= 0.6 is 11.6 Å². The summed E-state index contributed by atoms with van der Waals surface area (Å²) >= 11 is 6.32. The summed E-state index contributed by atoms with van der Waals surface area (Å²) in [6, 6.07) is 1.73. The first-order valence-corrected chi connectivity index (χ1v) is 6.88. The van der Waals surface area contributed by atoms with Gasteiger partial charge in [0.2, 0.25) is 0 Å². The van der Waals surface area contributed by atoms with Gasteiger partial charge in [0, 0.05) is 23.7 Å². The molecule has 0 spiro atoms. The topological polar surface area (TPSA) is 50.7 Å². The Kier molecular flexibility index (Phi) is 4.55. The molecule has 0 aliphatic carbocycles. The van der Waals surface area contributed by atoms with E-state index in [-0.39, 0.29) is 5.92 Å². The number of hydrogen-bond donors (Lipinski definition) is 2. The van der Waals surface area contributed by atoms with Crippen molar-refractivity contribution in [3.63, 3.8) is 0 Å². The highest BCUT2D eigenvalue weighted by Gasteiger charge is 2.27. The van der Waals surface area contributed by atoms with E-state index in [4.69, 9.17) is 21.1 Å². The summed E-state index contributed by atoms with van der Waals surface area (Å²) in [4.78, 5) is 0. The summed E-state index contributed by atoms with van der Waals surface area (Å²) in [5.74, 6) is 1.58. The molecule has 2 N–H and O–H groups in total. The SMILES string of the molecule is CNCC(O)c1c(Cl)cc2c(c1C(C)C)OCCO2. The van der Waals surface area contributed by atoms with E-state index in [1.165, 1.54) is 0 Å². The second-order valence-electron chi connectivity index (χ2n) is 4.94. The zero-order valence-electron chi connectivity index (χ0n) is 11.5. The molecule has 0 amide bonds. The van der Waals surface area contributed by atoms with Crippen LogP contribution in [0, 0.1) is 0 Å². The standard InChI is InChI=1S/C14H20ClNO3/c1-8(2)12-13(10(17)7-16-3)9(15)6-11-14(12)19-5-4-18-11/h6,8,10,16-17H,4-5,7H2,1-3H3. The van der Waals surface area contributed by atoms with Gasteiger partial charge in [0.1, 0.15) is 13.2 Å². The summed E-state index contributed by atoms with van der Waals surface area (Å²) in [6.45, 7) is 5.60. The first kappa shape index (κ1) is 14.4. The van der Waals surface area contributed by atoms with Gasteiger partial charge in [0.15, 0.2) is 11.5 Å². The Morgan fingerprint density at radius 1 is 1.32 bits per heavy atom. The van der Waals surface area contributed by atoms with Crippen molar-refractivity contribution in [1.29, 1.82) is 0 Å². The lowest BCUT2D eigenvalue weighted by molar-refractivity contribution is 0.161. The number of likely N-dealkylation sites (N-methyl/N-ethyl adjacent to an activating group) is 1. The monoisotopic (exact) mass is 285 g/mol. The van der Waals surface area contributed by atoms with Gasteiger partial charge in [-0.3, -0.25) is 0 Å². The van der Waals surface area contributed by atoms with Crippen LogP contribution in [-0.2, 0) is 0 Å². The molecule has 0 fully saturated rings. The van der Waals surface area contributed by atoms with Gasteiger partial charge < -0.3 is 19.9 Å². The van der Waals surface area contributed by atoms with Crippen LogP contribution in [-0.4, -0.2) is 31.9 Å². The molecule has 1 heterocycles. The minimum absolute atomic E-state index is 0.190. The van der Waals surface area contributed by atoms with Crippen LogP contribution in [0.5, 0.6) is 11.5 Å².